The van der Waals surface area contributed by atoms with Gasteiger partial charge in [0.2, 0.25) is 0 Å². The summed E-state index contributed by atoms with van der Waals surface area (Å²) in [6, 6.07) is 0. The SMILES string of the molecule is CCCCOCC(O)CN(C)C(C)(C)CC. The number of aliphatic hydroxyl groups is 1. The zero-order valence-corrected chi connectivity index (χ0v) is 11.6. The van der Waals surface area contributed by atoms with Gasteiger partial charge in [0.05, 0.1) is 12.7 Å². The van der Waals surface area contributed by atoms with Crippen LogP contribution in [0.3, 0.4) is 0 Å². The minimum atomic E-state index is -0.382. The molecule has 0 rings (SSSR count). The second kappa shape index (κ2) is 8.04. The highest BCUT2D eigenvalue weighted by atomic mass is 16.5. The zero-order valence-electron chi connectivity index (χ0n) is 11.6. The standard InChI is InChI=1S/C13H29NO2/c1-6-8-9-16-11-12(15)10-14(5)13(3,4)7-2/h12,15H,6-11H2,1-5H3. The third-order valence-corrected chi connectivity index (χ3v) is 3.34. The number of β-amino-alcohol motifs (C(OH)–C–C–N with tert-alkyl or cyclic N) is 1. The van der Waals surface area contributed by atoms with Gasteiger partial charge in [-0.1, -0.05) is 20.3 Å². The van der Waals surface area contributed by atoms with Crippen molar-refractivity contribution in [2.24, 2.45) is 0 Å². The molecule has 0 saturated carbocycles. The molecule has 3 nitrogen and oxygen atoms in total. The number of ether oxygens (including phenoxy) is 1. The second-order valence-corrected chi connectivity index (χ2v) is 5.13. The number of rotatable bonds is 9. The van der Waals surface area contributed by atoms with Crippen LogP contribution in [-0.4, -0.2) is 48.5 Å². The van der Waals surface area contributed by atoms with Crippen LogP contribution < -0.4 is 0 Å². The van der Waals surface area contributed by atoms with Crippen LogP contribution in [-0.2, 0) is 4.74 Å². The molecule has 0 saturated heterocycles. The van der Waals surface area contributed by atoms with E-state index in [2.05, 4.69) is 39.6 Å². The molecule has 1 unspecified atom stereocenters. The second-order valence-electron chi connectivity index (χ2n) is 5.13. The summed E-state index contributed by atoms with van der Waals surface area (Å²) in [6.45, 7) is 10.6. The largest absolute Gasteiger partial charge is 0.389 e. The first-order chi connectivity index (χ1) is 7.44. The van der Waals surface area contributed by atoms with Crippen molar-refractivity contribution in [3.8, 4) is 0 Å². The maximum absolute atomic E-state index is 9.81. The molecule has 0 aromatic carbocycles. The molecule has 1 atom stereocenters. The highest BCUT2D eigenvalue weighted by Crippen LogP contribution is 2.16. The van der Waals surface area contributed by atoms with E-state index < -0.39 is 0 Å². The average molecular weight is 231 g/mol. The molecule has 0 fully saturated rings. The van der Waals surface area contributed by atoms with E-state index in [0.29, 0.717) is 13.2 Å². The Morgan fingerprint density at radius 1 is 1.31 bits per heavy atom. The van der Waals surface area contributed by atoms with Crippen molar-refractivity contribution in [3.05, 3.63) is 0 Å². The Balaban J connectivity index is 3.73. The van der Waals surface area contributed by atoms with E-state index >= 15 is 0 Å². The maximum atomic E-state index is 9.81. The molecule has 0 amide bonds. The van der Waals surface area contributed by atoms with E-state index in [0.717, 1.165) is 25.9 Å². The van der Waals surface area contributed by atoms with Crippen molar-refractivity contribution < 1.29 is 9.84 Å². The lowest BCUT2D eigenvalue weighted by Gasteiger charge is -2.36. The molecule has 98 valence electrons. The molecule has 0 aromatic rings. The lowest BCUT2D eigenvalue weighted by atomic mass is 10.00. The summed E-state index contributed by atoms with van der Waals surface area (Å²) < 4.78 is 5.41. The first-order valence-corrected chi connectivity index (χ1v) is 6.41. The Hall–Kier alpha value is -0.120. The van der Waals surface area contributed by atoms with Crippen molar-refractivity contribution in [1.82, 2.24) is 4.90 Å². The number of hydrogen-bond acceptors (Lipinski definition) is 3. The summed E-state index contributed by atoms with van der Waals surface area (Å²) in [6.07, 6.45) is 2.90. The summed E-state index contributed by atoms with van der Waals surface area (Å²) in [4.78, 5) is 2.20. The summed E-state index contributed by atoms with van der Waals surface area (Å²) in [7, 11) is 2.05. The topological polar surface area (TPSA) is 32.7 Å². The van der Waals surface area contributed by atoms with E-state index in [1.54, 1.807) is 0 Å². The van der Waals surface area contributed by atoms with Gasteiger partial charge in [0.25, 0.3) is 0 Å². The van der Waals surface area contributed by atoms with E-state index in [4.69, 9.17) is 4.74 Å². The minimum absolute atomic E-state index is 0.143. The molecular weight excluding hydrogens is 202 g/mol. The summed E-state index contributed by atoms with van der Waals surface area (Å²) in [5.74, 6) is 0. The molecule has 0 aliphatic carbocycles. The average Bonchev–Trinajstić information content (AvgIpc) is 2.24. The number of nitrogens with zero attached hydrogens (tertiary/aromatic N) is 1. The van der Waals surface area contributed by atoms with Crippen LogP contribution in [0.5, 0.6) is 0 Å². The van der Waals surface area contributed by atoms with Gasteiger partial charge in [-0.2, -0.15) is 0 Å². The minimum Gasteiger partial charge on any atom is -0.389 e. The lowest BCUT2D eigenvalue weighted by Crippen LogP contribution is -2.45. The Morgan fingerprint density at radius 2 is 1.94 bits per heavy atom. The summed E-state index contributed by atoms with van der Waals surface area (Å²) in [5, 5.41) is 9.81. The zero-order chi connectivity index (χ0) is 12.6. The van der Waals surface area contributed by atoms with Crippen molar-refractivity contribution in [2.75, 3.05) is 26.8 Å². The maximum Gasteiger partial charge on any atom is 0.0900 e. The third kappa shape index (κ3) is 6.46. The molecule has 0 bridgehead atoms. The molecule has 0 heterocycles. The first-order valence-electron chi connectivity index (χ1n) is 6.41. The fourth-order valence-corrected chi connectivity index (χ4v) is 1.35. The van der Waals surface area contributed by atoms with Crippen molar-refractivity contribution in [1.29, 1.82) is 0 Å². The van der Waals surface area contributed by atoms with Gasteiger partial charge >= 0.3 is 0 Å². The molecule has 16 heavy (non-hydrogen) atoms. The Bertz CT molecular complexity index is 171. The molecule has 1 N–H and O–H groups in total. The highest BCUT2D eigenvalue weighted by Gasteiger charge is 2.22. The van der Waals surface area contributed by atoms with E-state index in [1.165, 1.54) is 0 Å². The van der Waals surface area contributed by atoms with Crippen LogP contribution in [0.1, 0.15) is 47.0 Å². The molecule has 0 aliphatic rings. The predicted molar refractivity (Wildman–Crippen MR) is 68.7 cm³/mol. The number of hydrogen-bond donors (Lipinski definition) is 1. The van der Waals surface area contributed by atoms with Gasteiger partial charge in [-0.05, 0) is 33.7 Å². The Kier molecular flexibility index (Phi) is 7.98. The van der Waals surface area contributed by atoms with Gasteiger partial charge in [-0.3, -0.25) is 4.90 Å². The fraction of sp³-hybridized carbons (Fsp3) is 1.00. The van der Waals surface area contributed by atoms with Gasteiger partial charge in [-0.25, -0.2) is 0 Å². The van der Waals surface area contributed by atoms with Crippen molar-refractivity contribution in [3.63, 3.8) is 0 Å². The molecule has 0 radical (unpaired) electrons. The van der Waals surface area contributed by atoms with Crippen LogP contribution in [0.15, 0.2) is 0 Å². The lowest BCUT2D eigenvalue weighted by molar-refractivity contribution is 0.00203. The van der Waals surface area contributed by atoms with Crippen molar-refractivity contribution in [2.45, 2.75) is 58.6 Å². The normalized spacial score (nSPS) is 14.4. The smallest absolute Gasteiger partial charge is 0.0900 e. The number of aliphatic hydroxyl groups excluding tert-OH is 1. The van der Waals surface area contributed by atoms with Crippen LogP contribution in [0.4, 0.5) is 0 Å². The van der Waals surface area contributed by atoms with Gasteiger partial charge in [0.15, 0.2) is 0 Å². The highest BCUT2D eigenvalue weighted by molar-refractivity contribution is 4.78. The summed E-state index contributed by atoms with van der Waals surface area (Å²) >= 11 is 0. The molecule has 0 aliphatic heterocycles. The van der Waals surface area contributed by atoms with Gasteiger partial charge in [0.1, 0.15) is 0 Å². The predicted octanol–water partition coefficient (Wildman–Crippen LogP) is 2.28. The molecule has 0 aromatic heterocycles. The number of likely N-dealkylation sites (N-methyl/N-ethyl adjacent to an activating group) is 1. The molecular formula is C13H29NO2. The molecule has 0 spiro atoms. The van der Waals surface area contributed by atoms with Crippen LogP contribution in [0, 0.1) is 0 Å². The van der Waals surface area contributed by atoms with E-state index in [-0.39, 0.29) is 11.6 Å². The first kappa shape index (κ1) is 15.9. The Labute approximate surface area is 101 Å². The summed E-state index contributed by atoms with van der Waals surface area (Å²) in [5.41, 5.74) is 0.143. The fourth-order valence-electron chi connectivity index (χ4n) is 1.35. The van der Waals surface area contributed by atoms with E-state index in [9.17, 15) is 5.11 Å². The van der Waals surface area contributed by atoms with Crippen LogP contribution in [0.25, 0.3) is 0 Å². The monoisotopic (exact) mass is 231 g/mol. The van der Waals surface area contributed by atoms with Gasteiger partial charge in [-0.15, -0.1) is 0 Å². The molecule has 3 heteroatoms. The third-order valence-electron chi connectivity index (χ3n) is 3.34. The number of unbranched alkanes of at least 4 members (excludes halogenated alkanes) is 1. The van der Waals surface area contributed by atoms with Crippen LogP contribution >= 0.6 is 0 Å². The van der Waals surface area contributed by atoms with Crippen molar-refractivity contribution >= 4 is 0 Å². The quantitative estimate of drug-likeness (QED) is 0.618. The Morgan fingerprint density at radius 3 is 2.44 bits per heavy atom. The van der Waals surface area contributed by atoms with Gasteiger partial charge < -0.3 is 9.84 Å². The van der Waals surface area contributed by atoms with Crippen LogP contribution in [0.2, 0.25) is 0 Å². The van der Waals surface area contributed by atoms with Gasteiger partial charge in [0, 0.05) is 18.7 Å². The van der Waals surface area contributed by atoms with E-state index in [1.807, 2.05) is 0 Å².